The predicted molar refractivity (Wildman–Crippen MR) is 136 cm³/mol. The van der Waals surface area contributed by atoms with Crippen molar-refractivity contribution >= 4 is 27.5 Å². The molecule has 192 valence electrons. The molecule has 6 rings (SSSR count). The van der Waals surface area contributed by atoms with Crippen LogP contribution in [0.15, 0.2) is 78.0 Å². The normalized spacial score (nSPS) is 20.8. The molecular weight excluding hydrogens is 495 g/mol. The highest BCUT2D eigenvalue weighted by Crippen LogP contribution is 2.57. The average Bonchev–Trinajstić information content (AvgIpc) is 2.85. The van der Waals surface area contributed by atoms with Crippen LogP contribution < -0.4 is 10.0 Å². The topological polar surface area (TPSA) is 108 Å². The molecule has 3 aromatic rings. The van der Waals surface area contributed by atoms with Gasteiger partial charge in [0.15, 0.2) is 0 Å². The summed E-state index contributed by atoms with van der Waals surface area (Å²) >= 11 is 0. The van der Waals surface area contributed by atoms with Crippen LogP contribution in [0, 0.1) is 11.7 Å². The van der Waals surface area contributed by atoms with Crippen LogP contribution in [0.25, 0.3) is 0 Å². The third-order valence-electron chi connectivity index (χ3n) is 7.15. The van der Waals surface area contributed by atoms with Gasteiger partial charge in [-0.05, 0) is 85.3 Å². The van der Waals surface area contributed by atoms with Crippen molar-refractivity contribution in [3.63, 3.8) is 0 Å². The van der Waals surface area contributed by atoms with Crippen LogP contribution >= 0.6 is 0 Å². The number of hydrogen-bond donors (Lipinski definition) is 2. The summed E-state index contributed by atoms with van der Waals surface area (Å²) in [6.07, 6.45) is 6.11. The molecule has 8 nitrogen and oxygen atoms in total. The molecule has 3 saturated carbocycles. The van der Waals surface area contributed by atoms with Gasteiger partial charge in [0, 0.05) is 42.7 Å². The van der Waals surface area contributed by atoms with Crippen molar-refractivity contribution in [3.8, 4) is 0 Å². The van der Waals surface area contributed by atoms with Gasteiger partial charge in [-0.3, -0.25) is 14.6 Å². The molecule has 3 aliphatic carbocycles. The first kappa shape index (κ1) is 25.0. The lowest BCUT2D eigenvalue weighted by Gasteiger charge is -2.61. The quantitative estimate of drug-likeness (QED) is 0.448. The van der Waals surface area contributed by atoms with E-state index in [0.29, 0.717) is 11.6 Å². The molecule has 0 aliphatic heterocycles. The van der Waals surface area contributed by atoms with E-state index in [0.717, 1.165) is 24.8 Å². The van der Waals surface area contributed by atoms with Gasteiger partial charge in [-0.25, -0.2) is 17.5 Å². The Kier molecular flexibility index (Phi) is 6.55. The lowest BCUT2D eigenvalue weighted by Crippen LogP contribution is -2.67. The number of amides is 2. The van der Waals surface area contributed by atoms with Gasteiger partial charge in [-0.15, -0.1) is 0 Å². The first-order valence-electron chi connectivity index (χ1n) is 12.0. The molecule has 2 bridgehead atoms. The maximum atomic E-state index is 13.4. The SMILES string of the molecule is CN(C(=O)c1ccc(F)cc1)[C@@H](Cc1cccnc1)C(=O)Nc1ccc(S(=O)(=O)NC23CC(C2)C3)cc1. The summed E-state index contributed by atoms with van der Waals surface area (Å²) in [7, 11) is -2.14. The molecule has 2 aromatic carbocycles. The van der Waals surface area contributed by atoms with Crippen LogP contribution in [-0.2, 0) is 21.2 Å². The molecule has 2 N–H and O–H groups in total. The minimum atomic E-state index is -3.65. The van der Waals surface area contributed by atoms with E-state index in [1.54, 1.807) is 18.5 Å². The fourth-order valence-corrected chi connectivity index (χ4v) is 6.41. The minimum Gasteiger partial charge on any atom is -0.329 e. The van der Waals surface area contributed by atoms with Gasteiger partial charge >= 0.3 is 0 Å². The van der Waals surface area contributed by atoms with Crippen molar-refractivity contribution in [2.75, 3.05) is 12.4 Å². The second kappa shape index (κ2) is 9.68. The molecule has 2 amide bonds. The summed E-state index contributed by atoms with van der Waals surface area (Å²) in [5, 5.41) is 2.79. The first-order chi connectivity index (χ1) is 17.6. The van der Waals surface area contributed by atoms with Gasteiger partial charge in [-0.1, -0.05) is 6.07 Å². The summed E-state index contributed by atoms with van der Waals surface area (Å²) in [4.78, 5) is 32.0. The lowest BCUT2D eigenvalue weighted by molar-refractivity contribution is -0.120. The van der Waals surface area contributed by atoms with Gasteiger partial charge in [0.2, 0.25) is 15.9 Å². The molecule has 1 atom stereocenters. The highest BCUT2D eigenvalue weighted by molar-refractivity contribution is 7.89. The van der Waals surface area contributed by atoms with Crippen molar-refractivity contribution < 1.29 is 22.4 Å². The number of halogens is 1. The number of carbonyl (C=O) groups excluding carboxylic acids is 2. The number of sulfonamides is 1. The van der Waals surface area contributed by atoms with Crippen LogP contribution in [0.3, 0.4) is 0 Å². The number of hydrogen-bond acceptors (Lipinski definition) is 5. The average molecular weight is 523 g/mol. The van der Waals surface area contributed by atoms with Crippen molar-refractivity contribution in [1.29, 1.82) is 0 Å². The zero-order chi connectivity index (χ0) is 26.2. The summed E-state index contributed by atoms with van der Waals surface area (Å²) in [5.74, 6) is -0.712. The third-order valence-corrected chi connectivity index (χ3v) is 8.75. The van der Waals surface area contributed by atoms with Crippen LogP contribution in [0.1, 0.15) is 35.2 Å². The van der Waals surface area contributed by atoms with Gasteiger partial charge in [0.05, 0.1) is 4.90 Å². The van der Waals surface area contributed by atoms with Crippen molar-refractivity contribution in [2.24, 2.45) is 5.92 Å². The third kappa shape index (κ3) is 5.26. The van der Waals surface area contributed by atoms with Gasteiger partial charge in [0.25, 0.3) is 5.91 Å². The summed E-state index contributed by atoms with van der Waals surface area (Å²) in [6.45, 7) is 0. The number of pyridine rings is 1. The molecule has 0 spiro atoms. The maximum absolute atomic E-state index is 13.4. The molecule has 0 unspecified atom stereocenters. The van der Waals surface area contributed by atoms with Crippen LogP contribution in [0.2, 0.25) is 0 Å². The number of carbonyl (C=O) groups is 2. The zero-order valence-corrected chi connectivity index (χ0v) is 21.0. The highest BCUT2D eigenvalue weighted by atomic mass is 32.2. The number of anilines is 1. The number of aromatic nitrogens is 1. The number of benzene rings is 2. The fourth-order valence-electron chi connectivity index (χ4n) is 4.98. The molecular formula is C27H27FN4O4S. The summed E-state index contributed by atoms with van der Waals surface area (Å²) in [5.41, 5.74) is 1.12. The Morgan fingerprint density at radius 2 is 1.76 bits per heavy atom. The summed E-state index contributed by atoms with van der Waals surface area (Å²) in [6, 6.07) is 13.7. The molecule has 0 saturated heterocycles. The zero-order valence-electron chi connectivity index (χ0n) is 20.2. The fraction of sp³-hybridized carbons (Fsp3) is 0.296. The Labute approximate surface area is 215 Å². The van der Waals surface area contributed by atoms with Crippen LogP contribution in [-0.4, -0.2) is 48.7 Å². The number of likely N-dealkylation sites (N-methyl/N-ethyl adjacent to an activating group) is 1. The Bertz CT molecular complexity index is 1400. The van der Waals surface area contributed by atoms with Gasteiger partial charge in [0.1, 0.15) is 11.9 Å². The largest absolute Gasteiger partial charge is 0.329 e. The molecule has 37 heavy (non-hydrogen) atoms. The van der Waals surface area contributed by atoms with E-state index in [-0.39, 0.29) is 22.4 Å². The van der Waals surface area contributed by atoms with E-state index in [1.807, 2.05) is 6.07 Å². The van der Waals surface area contributed by atoms with E-state index in [9.17, 15) is 22.4 Å². The molecule has 3 fully saturated rings. The van der Waals surface area contributed by atoms with E-state index >= 15 is 0 Å². The van der Waals surface area contributed by atoms with E-state index < -0.39 is 33.7 Å². The smallest absolute Gasteiger partial charge is 0.254 e. The molecule has 1 heterocycles. The number of rotatable bonds is 9. The number of nitrogens with zero attached hydrogens (tertiary/aromatic N) is 2. The van der Waals surface area contributed by atoms with Crippen LogP contribution in [0.4, 0.5) is 10.1 Å². The standard InChI is InChI=1S/C27H27FN4O4S/c1-32(26(34)20-4-6-21(28)7-5-20)24(13-18-3-2-12-29-17-18)25(33)30-22-8-10-23(11-9-22)37(35,36)31-27-14-19(15-27)16-27/h2-12,17,19,24,31H,13-16H2,1H3,(H,30,33)/t19?,24-,27?/m0/s1. The molecule has 0 radical (unpaired) electrons. The van der Waals surface area contributed by atoms with Gasteiger partial charge < -0.3 is 10.2 Å². The number of nitrogens with one attached hydrogen (secondary N) is 2. The predicted octanol–water partition coefficient (Wildman–Crippen LogP) is 3.37. The first-order valence-corrected chi connectivity index (χ1v) is 13.5. The van der Waals surface area contributed by atoms with E-state index in [1.165, 1.54) is 60.5 Å². The highest BCUT2D eigenvalue weighted by Gasteiger charge is 2.58. The van der Waals surface area contributed by atoms with Gasteiger partial charge in [-0.2, -0.15) is 0 Å². The molecule has 1 aromatic heterocycles. The maximum Gasteiger partial charge on any atom is 0.254 e. The molecule has 10 heteroatoms. The Morgan fingerprint density at radius 1 is 1.08 bits per heavy atom. The van der Waals surface area contributed by atoms with E-state index in [2.05, 4.69) is 15.0 Å². The Balaban J connectivity index is 1.32. The second-order valence-corrected chi connectivity index (χ2v) is 11.6. The molecule has 3 aliphatic rings. The van der Waals surface area contributed by atoms with E-state index in [4.69, 9.17) is 0 Å². The Morgan fingerprint density at radius 3 is 2.32 bits per heavy atom. The van der Waals surface area contributed by atoms with Crippen molar-refractivity contribution in [2.45, 2.75) is 42.2 Å². The summed E-state index contributed by atoms with van der Waals surface area (Å²) < 4.78 is 41.7. The Hall–Kier alpha value is -3.63. The van der Waals surface area contributed by atoms with Crippen molar-refractivity contribution in [1.82, 2.24) is 14.6 Å². The second-order valence-electron chi connectivity index (χ2n) is 9.88. The lowest BCUT2D eigenvalue weighted by atomic mass is 9.50. The van der Waals surface area contributed by atoms with Crippen LogP contribution in [0.5, 0.6) is 0 Å². The minimum absolute atomic E-state index is 0.130. The van der Waals surface area contributed by atoms with Crippen molar-refractivity contribution in [3.05, 3.63) is 90.0 Å². The monoisotopic (exact) mass is 522 g/mol.